The summed E-state index contributed by atoms with van der Waals surface area (Å²) in [5.41, 5.74) is 0.745. The molecule has 3 atom stereocenters. The van der Waals surface area contributed by atoms with Gasteiger partial charge in [0.1, 0.15) is 25.4 Å². The minimum absolute atomic E-state index is 0.207. The standard InChI is InChI=1S/C26H24O8/c27-21(16-32-24(29)18-10-4-1-5-11-18)23(28)22(34-26(31)20-14-8-3-9-15-20)17-33-25(30)19-12-6-2-7-13-19/h1-15,21-23,27-28H,16-17H2. The minimum atomic E-state index is -1.71. The van der Waals surface area contributed by atoms with Crippen LogP contribution >= 0.6 is 0 Å². The predicted octanol–water partition coefficient (Wildman–Crippen LogP) is 2.65. The number of hydrogen-bond acceptors (Lipinski definition) is 8. The van der Waals surface area contributed by atoms with Crippen molar-refractivity contribution in [1.82, 2.24) is 0 Å². The third kappa shape index (κ3) is 6.99. The summed E-state index contributed by atoms with van der Waals surface area (Å²) in [6.45, 7) is -1.10. The van der Waals surface area contributed by atoms with E-state index in [-0.39, 0.29) is 16.7 Å². The average molecular weight is 464 g/mol. The molecule has 0 aliphatic carbocycles. The van der Waals surface area contributed by atoms with Gasteiger partial charge in [-0.15, -0.1) is 0 Å². The van der Waals surface area contributed by atoms with Gasteiger partial charge < -0.3 is 24.4 Å². The molecule has 8 heteroatoms. The molecule has 34 heavy (non-hydrogen) atoms. The summed E-state index contributed by atoms with van der Waals surface area (Å²) in [5, 5.41) is 21.0. The van der Waals surface area contributed by atoms with Crippen molar-refractivity contribution in [2.75, 3.05) is 13.2 Å². The molecule has 0 aromatic heterocycles. The lowest BCUT2D eigenvalue weighted by Gasteiger charge is -2.26. The van der Waals surface area contributed by atoms with Gasteiger partial charge in [-0.3, -0.25) is 0 Å². The number of esters is 3. The molecule has 3 aromatic rings. The van der Waals surface area contributed by atoms with Crippen molar-refractivity contribution < 1.29 is 38.8 Å². The van der Waals surface area contributed by atoms with Crippen LogP contribution in [0.1, 0.15) is 31.1 Å². The molecule has 3 unspecified atom stereocenters. The van der Waals surface area contributed by atoms with Gasteiger partial charge in [-0.2, -0.15) is 0 Å². The molecule has 0 saturated heterocycles. The highest BCUT2D eigenvalue weighted by Crippen LogP contribution is 2.13. The van der Waals surface area contributed by atoms with E-state index in [1.54, 1.807) is 78.9 Å². The van der Waals surface area contributed by atoms with E-state index in [1.807, 2.05) is 0 Å². The molecular formula is C26H24O8. The van der Waals surface area contributed by atoms with Gasteiger partial charge in [-0.1, -0.05) is 54.6 Å². The Morgan fingerprint density at radius 3 is 1.41 bits per heavy atom. The van der Waals surface area contributed by atoms with Crippen LogP contribution in [-0.2, 0) is 14.2 Å². The summed E-state index contributed by atoms with van der Waals surface area (Å²) in [6, 6.07) is 24.3. The van der Waals surface area contributed by atoms with Crippen LogP contribution in [0.25, 0.3) is 0 Å². The minimum Gasteiger partial charge on any atom is -0.459 e. The van der Waals surface area contributed by atoms with E-state index in [2.05, 4.69) is 0 Å². The van der Waals surface area contributed by atoms with E-state index in [0.29, 0.717) is 0 Å². The largest absolute Gasteiger partial charge is 0.459 e. The second-order valence-electron chi connectivity index (χ2n) is 7.30. The van der Waals surface area contributed by atoms with E-state index in [9.17, 15) is 24.6 Å². The Kier molecular flexibility index (Phi) is 8.90. The Bertz CT molecular complexity index is 1070. The van der Waals surface area contributed by atoms with Gasteiger partial charge in [0.05, 0.1) is 16.7 Å². The number of benzene rings is 3. The summed E-state index contributed by atoms with van der Waals surface area (Å²) < 4.78 is 15.6. The van der Waals surface area contributed by atoms with Crippen molar-refractivity contribution in [2.45, 2.75) is 18.3 Å². The molecule has 0 aliphatic heterocycles. The molecule has 3 rings (SSSR count). The molecule has 2 N–H and O–H groups in total. The van der Waals surface area contributed by atoms with Crippen LogP contribution in [0.3, 0.4) is 0 Å². The Balaban J connectivity index is 1.65. The third-order valence-electron chi connectivity index (χ3n) is 4.83. The fraction of sp³-hybridized carbons (Fsp3) is 0.192. The van der Waals surface area contributed by atoms with Crippen molar-refractivity contribution in [3.63, 3.8) is 0 Å². The highest BCUT2D eigenvalue weighted by Gasteiger charge is 2.32. The Hall–Kier alpha value is -4.01. The highest BCUT2D eigenvalue weighted by molar-refractivity contribution is 5.90. The summed E-state index contributed by atoms with van der Waals surface area (Å²) in [4.78, 5) is 36.9. The Labute approximate surface area is 196 Å². The van der Waals surface area contributed by atoms with E-state index < -0.39 is 49.4 Å². The molecule has 0 bridgehead atoms. The number of carbonyl (C=O) groups is 3. The predicted molar refractivity (Wildman–Crippen MR) is 121 cm³/mol. The van der Waals surface area contributed by atoms with Crippen LogP contribution in [0.15, 0.2) is 91.0 Å². The van der Waals surface area contributed by atoms with E-state index in [1.165, 1.54) is 12.1 Å². The molecule has 0 spiro atoms. The third-order valence-corrected chi connectivity index (χ3v) is 4.83. The van der Waals surface area contributed by atoms with Crippen molar-refractivity contribution in [3.8, 4) is 0 Å². The average Bonchev–Trinajstić information content (AvgIpc) is 2.90. The van der Waals surface area contributed by atoms with Gasteiger partial charge in [0, 0.05) is 0 Å². The molecule has 0 aliphatic rings. The molecule has 0 saturated carbocycles. The molecule has 0 fully saturated rings. The first-order valence-corrected chi connectivity index (χ1v) is 10.5. The maximum atomic E-state index is 12.5. The monoisotopic (exact) mass is 464 g/mol. The fourth-order valence-electron chi connectivity index (χ4n) is 2.96. The molecule has 0 radical (unpaired) electrons. The van der Waals surface area contributed by atoms with Crippen molar-refractivity contribution >= 4 is 17.9 Å². The summed E-state index contributed by atoms with van der Waals surface area (Å²) in [6.07, 6.45) is -4.75. The molecule has 176 valence electrons. The number of aliphatic hydroxyl groups excluding tert-OH is 2. The lowest BCUT2D eigenvalue weighted by Crippen LogP contribution is -2.45. The number of rotatable bonds is 10. The zero-order valence-electron chi connectivity index (χ0n) is 18.2. The lowest BCUT2D eigenvalue weighted by molar-refractivity contribution is -0.101. The van der Waals surface area contributed by atoms with Crippen LogP contribution in [0.2, 0.25) is 0 Å². The van der Waals surface area contributed by atoms with E-state index in [0.717, 1.165) is 0 Å². The second kappa shape index (κ2) is 12.3. The van der Waals surface area contributed by atoms with Gasteiger partial charge in [-0.25, -0.2) is 14.4 Å². The molecular weight excluding hydrogens is 440 g/mol. The summed E-state index contributed by atoms with van der Waals surface area (Å²) in [7, 11) is 0. The van der Waals surface area contributed by atoms with Crippen molar-refractivity contribution in [1.29, 1.82) is 0 Å². The lowest BCUT2D eigenvalue weighted by atomic mass is 10.1. The first-order chi connectivity index (χ1) is 16.5. The second-order valence-corrected chi connectivity index (χ2v) is 7.30. The number of ether oxygens (including phenoxy) is 3. The van der Waals surface area contributed by atoms with Crippen LogP contribution in [0.5, 0.6) is 0 Å². The fourth-order valence-corrected chi connectivity index (χ4v) is 2.96. The normalized spacial score (nSPS) is 13.2. The summed E-state index contributed by atoms with van der Waals surface area (Å²) in [5.74, 6) is -2.17. The smallest absolute Gasteiger partial charge is 0.338 e. The topological polar surface area (TPSA) is 119 Å². The molecule has 8 nitrogen and oxygen atoms in total. The van der Waals surface area contributed by atoms with E-state index in [4.69, 9.17) is 14.2 Å². The van der Waals surface area contributed by atoms with Crippen LogP contribution < -0.4 is 0 Å². The zero-order chi connectivity index (χ0) is 24.3. The van der Waals surface area contributed by atoms with Gasteiger partial charge in [-0.05, 0) is 36.4 Å². The summed E-state index contributed by atoms with van der Waals surface area (Å²) >= 11 is 0. The van der Waals surface area contributed by atoms with Crippen LogP contribution in [0, 0.1) is 0 Å². The Morgan fingerprint density at radius 1 is 0.588 bits per heavy atom. The van der Waals surface area contributed by atoms with Crippen LogP contribution in [-0.4, -0.2) is 59.6 Å². The molecule has 0 amide bonds. The number of aliphatic hydroxyl groups is 2. The van der Waals surface area contributed by atoms with Gasteiger partial charge >= 0.3 is 17.9 Å². The van der Waals surface area contributed by atoms with Gasteiger partial charge in [0.15, 0.2) is 6.10 Å². The quantitative estimate of drug-likeness (QED) is 0.347. The van der Waals surface area contributed by atoms with Crippen molar-refractivity contribution in [3.05, 3.63) is 108 Å². The van der Waals surface area contributed by atoms with Crippen LogP contribution in [0.4, 0.5) is 0 Å². The maximum absolute atomic E-state index is 12.5. The number of hydrogen-bond donors (Lipinski definition) is 2. The Morgan fingerprint density at radius 2 is 0.971 bits per heavy atom. The first-order valence-electron chi connectivity index (χ1n) is 10.5. The molecule has 3 aromatic carbocycles. The maximum Gasteiger partial charge on any atom is 0.338 e. The molecule has 0 heterocycles. The zero-order valence-corrected chi connectivity index (χ0v) is 18.2. The highest BCUT2D eigenvalue weighted by atomic mass is 16.6. The van der Waals surface area contributed by atoms with Gasteiger partial charge in [0.25, 0.3) is 0 Å². The van der Waals surface area contributed by atoms with E-state index >= 15 is 0 Å². The van der Waals surface area contributed by atoms with Crippen molar-refractivity contribution in [2.24, 2.45) is 0 Å². The number of carbonyl (C=O) groups excluding carboxylic acids is 3. The first kappa shape index (κ1) is 24.6. The SMILES string of the molecule is O=C(OCC(O)C(O)C(COC(=O)c1ccccc1)OC(=O)c1ccccc1)c1ccccc1. The van der Waals surface area contributed by atoms with Gasteiger partial charge in [0.2, 0.25) is 0 Å².